The Morgan fingerprint density at radius 2 is 1.03 bits per heavy atom. The molecule has 5 aromatic carbocycles. The summed E-state index contributed by atoms with van der Waals surface area (Å²) in [5.41, 5.74) is 12.3. The number of nitrogens with two attached hydrogens (primary N) is 1. The van der Waals surface area contributed by atoms with Crippen LogP contribution in [0.25, 0.3) is 0 Å². The lowest BCUT2D eigenvalue weighted by atomic mass is 9.87. The number of aromatic nitrogens is 6. The second kappa shape index (κ2) is 24.3. The summed E-state index contributed by atoms with van der Waals surface area (Å²) in [6, 6.07) is 40.0. The highest BCUT2D eigenvalue weighted by molar-refractivity contribution is 7.90. The van der Waals surface area contributed by atoms with E-state index < -0.39 is 9.84 Å². The van der Waals surface area contributed by atoms with Crippen molar-refractivity contribution in [3.05, 3.63) is 161 Å². The molecule has 2 aromatic heterocycles. The third kappa shape index (κ3) is 16.1. The van der Waals surface area contributed by atoms with Crippen molar-refractivity contribution >= 4 is 45.5 Å². The topological polar surface area (TPSA) is 227 Å². The molecule has 68 heavy (non-hydrogen) atoms. The van der Waals surface area contributed by atoms with Gasteiger partial charge in [-0.05, 0) is 89.0 Å². The molecule has 1 unspecified atom stereocenters. The van der Waals surface area contributed by atoms with Crippen LogP contribution in [0.2, 0.25) is 0 Å². The molecule has 0 aliphatic carbocycles. The lowest BCUT2D eigenvalue weighted by molar-refractivity contribution is 0.414. The third-order valence-corrected chi connectivity index (χ3v) is 11.4. The van der Waals surface area contributed by atoms with Gasteiger partial charge >= 0.3 is 0 Å². The Morgan fingerprint density at radius 3 is 1.53 bits per heavy atom. The van der Waals surface area contributed by atoms with Gasteiger partial charge in [-0.1, -0.05) is 126 Å². The molecule has 0 fully saturated rings. The molecule has 7 rings (SSSR count). The van der Waals surface area contributed by atoms with Crippen LogP contribution < -0.4 is 37.1 Å². The van der Waals surface area contributed by atoms with Crippen molar-refractivity contribution in [3.8, 4) is 11.5 Å². The van der Waals surface area contributed by atoms with Gasteiger partial charge in [0.1, 0.15) is 11.5 Å². The van der Waals surface area contributed by atoms with Crippen molar-refractivity contribution in [2.45, 2.75) is 90.5 Å². The summed E-state index contributed by atoms with van der Waals surface area (Å²) in [7, 11) is -1.60. The minimum Gasteiger partial charge on any atom is -0.508 e. The van der Waals surface area contributed by atoms with Crippen LogP contribution in [-0.2, 0) is 34.9 Å². The van der Waals surface area contributed by atoms with Crippen LogP contribution in [0.5, 0.6) is 11.5 Å². The predicted octanol–water partition coefficient (Wildman–Crippen LogP) is 9.95. The van der Waals surface area contributed by atoms with E-state index in [2.05, 4.69) is 114 Å². The van der Waals surface area contributed by atoms with Crippen molar-refractivity contribution in [1.82, 2.24) is 29.9 Å². The summed E-state index contributed by atoms with van der Waals surface area (Å²) in [4.78, 5) is 26.7. The average Bonchev–Trinajstić information content (AvgIpc) is 3.32. The number of sulfone groups is 1. The van der Waals surface area contributed by atoms with E-state index in [4.69, 9.17) is 10.5 Å². The first-order valence-corrected chi connectivity index (χ1v) is 24.3. The van der Waals surface area contributed by atoms with Gasteiger partial charge in [-0.2, -0.15) is 29.9 Å². The Bertz CT molecular complexity index is 2770. The molecule has 16 nitrogen and oxygen atoms in total. The Balaban J connectivity index is 0.000000249. The fourth-order valence-electron chi connectivity index (χ4n) is 6.51. The molecule has 0 aliphatic heterocycles. The van der Waals surface area contributed by atoms with E-state index in [0.29, 0.717) is 49.4 Å². The Hall–Kier alpha value is -7.53. The van der Waals surface area contributed by atoms with Crippen molar-refractivity contribution in [3.63, 3.8) is 0 Å². The fraction of sp³-hybridized carbons (Fsp3) is 0.294. The first-order valence-electron chi connectivity index (χ1n) is 22.4. The highest BCUT2D eigenvalue weighted by Crippen LogP contribution is 2.25. The highest BCUT2D eigenvalue weighted by Gasteiger charge is 2.15. The zero-order valence-electron chi connectivity index (χ0n) is 40.2. The van der Waals surface area contributed by atoms with Gasteiger partial charge in [0.15, 0.2) is 9.84 Å². The Labute approximate surface area is 400 Å². The summed E-state index contributed by atoms with van der Waals surface area (Å²) >= 11 is 0. The molecule has 0 saturated carbocycles. The zero-order valence-corrected chi connectivity index (χ0v) is 41.1. The Kier molecular flexibility index (Phi) is 18.4. The summed E-state index contributed by atoms with van der Waals surface area (Å²) in [6.07, 6.45) is 1.18. The number of nitrogen functional groups attached to an aromatic ring is 1. The van der Waals surface area contributed by atoms with Crippen LogP contribution in [0, 0.1) is 0 Å². The van der Waals surface area contributed by atoms with Crippen LogP contribution in [0.3, 0.4) is 0 Å². The molecular formula is C51H64N12O4S. The molecule has 7 aromatic rings. The number of phenols is 1. The first-order chi connectivity index (χ1) is 32.5. The second-order valence-corrected chi connectivity index (χ2v) is 18.7. The number of phenolic OH excluding ortho intramolecular Hbond substituents is 1. The highest BCUT2D eigenvalue weighted by atomic mass is 32.2. The number of nitrogens with one attached hydrogen (secondary N) is 5. The summed E-state index contributed by atoms with van der Waals surface area (Å²) < 4.78 is 28.4. The lowest BCUT2D eigenvalue weighted by Crippen LogP contribution is -2.15. The van der Waals surface area contributed by atoms with E-state index in [-0.39, 0.29) is 34.1 Å². The predicted molar refractivity (Wildman–Crippen MR) is 274 cm³/mol. The van der Waals surface area contributed by atoms with E-state index in [1.807, 2.05) is 82.3 Å². The number of aromatic hydroxyl groups is 1. The zero-order chi connectivity index (χ0) is 49.3. The third-order valence-electron chi connectivity index (χ3n) is 10.3. The maximum atomic E-state index is 11.6. The van der Waals surface area contributed by atoms with Gasteiger partial charge in [-0.25, -0.2) is 8.42 Å². The van der Waals surface area contributed by atoms with E-state index in [0.717, 1.165) is 33.6 Å². The molecule has 17 heteroatoms. The van der Waals surface area contributed by atoms with Crippen molar-refractivity contribution in [2.24, 2.45) is 0 Å². The first kappa shape index (κ1) is 51.5. The van der Waals surface area contributed by atoms with Crippen molar-refractivity contribution in [2.75, 3.05) is 45.7 Å². The van der Waals surface area contributed by atoms with Crippen molar-refractivity contribution in [1.29, 1.82) is 0 Å². The number of benzene rings is 5. The number of hydrogen-bond donors (Lipinski definition) is 7. The number of ether oxygens (including phenoxy) is 1. The largest absolute Gasteiger partial charge is 0.508 e. The summed E-state index contributed by atoms with van der Waals surface area (Å²) in [5.74, 6) is 3.13. The molecule has 0 saturated heterocycles. The van der Waals surface area contributed by atoms with Gasteiger partial charge in [-0.3, -0.25) is 0 Å². The average molecular weight is 941 g/mol. The standard InChI is InChI=1S/C29H34N6O.C20H24N6O3S.C2H6/c1-20(23-11-8-12-25(36)17-23)32-28-34-26(30-18-21-9-6-5-7-10-21)33-27(35-28)31-19-22-13-15-24(16-14-22)29(2,3)4;1-13(15-5-4-6-16(11-15)29-2)23-20-25-18(21)24-19(26-20)22-12-14-7-9-17(10-8-14)30(3,27)28;1-2/h5-17,20,36H,18-19H2,1-4H3,(H3,30,31,32,33,34,35);4-11,13H,12H2,1-3H3,(H4,21,22,23,24,25,26);1-2H3/t20-;;/m1../s1. The number of hydrogen-bond acceptors (Lipinski definition) is 16. The van der Waals surface area contributed by atoms with E-state index >= 15 is 0 Å². The molecule has 2 heterocycles. The molecule has 0 radical (unpaired) electrons. The number of methoxy groups -OCH3 is 1. The molecule has 0 spiro atoms. The van der Waals surface area contributed by atoms with E-state index in [1.54, 1.807) is 43.5 Å². The lowest BCUT2D eigenvalue weighted by Gasteiger charge is -2.19. The minimum atomic E-state index is -3.22. The van der Waals surface area contributed by atoms with Crippen LogP contribution in [0.15, 0.2) is 132 Å². The van der Waals surface area contributed by atoms with Crippen LogP contribution in [0.4, 0.5) is 35.7 Å². The van der Waals surface area contributed by atoms with Gasteiger partial charge < -0.3 is 42.2 Å². The smallest absolute Gasteiger partial charge is 0.229 e. The van der Waals surface area contributed by atoms with Gasteiger partial charge in [0.05, 0.1) is 24.1 Å². The minimum absolute atomic E-state index is 0.0836. The number of rotatable bonds is 17. The van der Waals surface area contributed by atoms with Crippen molar-refractivity contribution < 1.29 is 18.3 Å². The maximum Gasteiger partial charge on any atom is 0.229 e. The Morgan fingerprint density at radius 1 is 0.588 bits per heavy atom. The van der Waals surface area contributed by atoms with Gasteiger partial charge in [0, 0.05) is 25.9 Å². The monoisotopic (exact) mass is 940 g/mol. The molecule has 0 bridgehead atoms. The quantitative estimate of drug-likeness (QED) is 0.0451. The van der Waals surface area contributed by atoms with Crippen LogP contribution >= 0.6 is 0 Å². The molecule has 358 valence electrons. The van der Waals surface area contributed by atoms with E-state index in [9.17, 15) is 13.5 Å². The van der Waals surface area contributed by atoms with E-state index in [1.165, 1.54) is 11.8 Å². The number of anilines is 6. The molecule has 0 amide bonds. The second-order valence-electron chi connectivity index (χ2n) is 16.7. The summed E-state index contributed by atoms with van der Waals surface area (Å²) in [5, 5.41) is 26.1. The van der Waals surface area contributed by atoms with Gasteiger partial charge in [-0.15, -0.1) is 0 Å². The normalized spacial score (nSPS) is 11.9. The fourth-order valence-corrected chi connectivity index (χ4v) is 7.14. The van der Waals surface area contributed by atoms with Crippen LogP contribution in [0.1, 0.15) is 93.9 Å². The maximum absolute atomic E-state index is 11.6. The SMILES string of the molecule is CC.COc1cccc(C(C)Nc2nc(N)nc(NCc3ccc(S(C)(=O)=O)cc3)n2)c1.C[C@@H](Nc1nc(NCc2ccccc2)nc(NCc2ccc(C(C)(C)C)cc2)n1)c1cccc(O)c1. The van der Waals surface area contributed by atoms with Gasteiger partial charge in [0.2, 0.25) is 35.7 Å². The summed E-state index contributed by atoms with van der Waals surface area (Å²) in [6.45, 7) is 16.2. The molecule has 0 aliphatic rings. The molecule has 8 N–H and O–H groups in total. The van der Waals surface area contributed by atoms with Crippen LogP contribution in [-0.4, -0.2) is 56.8 Å². The van der Waals surface area contributed by atoms with Gasteiger partial charge in [0.25, 0.3) is 0 Å². The molecular weight excluding hydrogens is 877 g/mol. The number of nitrogens with zero attached hydrogens (tertiary/aromatic N) is 6. The molecule has 2 atom stereocenters.